The Morgan fingerprint density at radius 1 is 1.38 bits per heavy atom. The van der Waals surface area contributed by atoms with Gasteiger partial charge < -0.3 is 5.11 Å². The third kappa shape index (κ3) is 2.59. The van der Waals surface area contributed by atoms with Crippen LogP contribution in [0.3, 0.4) is 0 Å². The highest BCUT2D eigenvalue weighted by molar-refractivity contribution is 5.40. The van der Waals surface area contributed by atoms with Crippen molar-refractivity contribution in [1.29, 1.82) is 5.26 Å². The fourth-order valence-corrected chi connectivity index (χ4v) is 0.914. The van der Waals surface area contributed by atoms with Crippen LogP contribution in [0.5, 0.6) is 0 Å². The van der Waals surface area contributed by atoms with Crippen LogP contribution in [0.2, 0.25) is 0 Å². The first-order chi connectivity index (χ1) is 6.26. The van der Waals surface area contributed by atoms with E-state index in [1.807, 2.05) is 0 Å². The van der Waals surface area contributed by atoms with Gasteiger partial charge in [-0.3, -0.25) is 0 Å². The van der Waals surface area contributed by atoms with E-state index in [0.717, 1.165) is 0 Å². The van der Waals surface area contributed by atoms with E-state index < -0.39 is 5.82 Å². The molecule has 0 aromatic heterocycles. The molecule has 0 radical (unpaired) electrons. The van der Waals surface area contributed by atoms with Crippen molar-refractivity contribution >= 4 is 0 Å². The van der Waals surface area contributed by atoms with Gasteiger partial charge in [-0.1, -0.05) is 5.92 Å². The molecule has 0 amide bonds. The van der Waals surface area contributed by atoms with Crippen LogP contribution in [0.15, 0.2) is 18.2 Å². The molecule has 0 fully saturated rings. The molecule has 0 aliphatic heterocycles. The van der Waals surface area contributed by atoms with E-state index in [1.54, 1.807) is 6.07 Å². The normalized spacial score (nSPS) is 8.38. The van der Waals surface area contributed by atoms with Gasteiger partial charge in [-0.25, -0.2) is 4.39 Å². The summed E-state index contributed by atoms with van der Waals surface area (Å²) in [7, 11) is 0. The number of hydrogen-bond acceptors (Lipinski definition) is 2. The lowest BCUT2D eigenvalue weighted by Crippen LogP contribution is -1.87. The van der Waals surface area contributed by atoms with Crippen molar-refractivity contribution in [1.82, 2.24) is 0 Å². The molecule has 1 rings (SSSR count). The molecule has 1 aromatic carbocycles. The van der Waals surface area contributed by atoms with Gasteiger partial charge in [0.2, 0.25) is 0 Å². The Bertz CT molecular complexity index is 409. The van der Waals surface area contributed by atoms with Crippen molar-refractivity contribution in [3.05, 3.63) is 35.1 Å². The molecule has 0 heterocycles. The minimum atomic E-state index is -0.464. The second kappa shape index (κ2) is 4.25. The Kier molecular flexibility index (Phi) is 3.03. The van der Waals surface area contributed by atoms with Gasteiger partial charge in [0.1, 0.15) is 5.82 Å². The molecule has 2 nitrogen and oxygen atoms in total. The first-order valence-corrected chi connectivity index (χ1v) is 3.56. The van der Waals surface area contributed by atoms with Gasteiger partial charge >= 0.3 is 0 Å². The molecule has 0 aliphatic rings. The highest BCUT2D eigenvalue weighted by atomic mass is 19.1. The zero-order valence-electron chi connectivity index (χ0n) is 6.71. The molecule has 13 heavy (non-hydrogen) atoms. The first-order valence-electron chi connectivity index (χ1n) is 3.56. The molecular weight excluding hydrogens is 169 g/mol. The van der Waals surface area contributed by atoms with Crippen molar-refractivity contribution in [3.63, 3.8) is 0 Å². The molecule has 0 unspecified atom stereocenters. The summed E-state index contributed by atoms with van der Waals surface area (Å²) in [5.41, 5.74) is 0.841. The van der Waals surface area contributed by atoms with Crippen molar-refractivity contribution in [2.24, 2.45) is 0 Å². The van der Waals surface area contributed by atoms with E-state index in [4.69, 9.17) is 10.4 Å². The van der Waals surface area contributed by atoms with Gasteiger partial charge in [0, 0.05) is 11.5 Å². The van der Waals surface area contributed by atoms with E-state index in [0.29, 0.717) is 11.1 Å². The summed E-state index contributed by atoms with van der Waals surface area (Å²) in [5.74, 6) is 4.13. The van der Waals surface area contributed by atoms with Gasteiger partial charge in [-0.05, 0) is 23.8 Å². The zero-order chi connectivity index (χ0) is 9.68. The molecule has 0 spiro atoms. The molecule has 64 valence electrons. The second-order valence-corrected chi connectivity index (χ2v) is 2.37. The average Bonchev–Trinajstić information content (AvgIpc) is 2.14. The van der Waals surface area contributed by atoms with Crippen molar-refractivity contribution in [2.75, 3.05) is 0 Å². The fraction of sp³-hybridized carbons (Fsp3) is 0.100. The Morgan fingerprint density at radius 3 is 2.77 bits per heavy atom. The van der Waals surface area contributed by atoms with Crippen LogP contribution in [0, 0.1) is 29.0 Å². The van der Waals surface area contributed by atoms with Crippen molar-refractivity contribution in [2.45, 2.75) is 6.61 Å². The van der Waals surface area contributed by atoms with Gasteiger partial charge in [-0.2, -0.15) is 5.26 Å². The summed E-state index contributed by atoms with van der Waals surface area (Å²) in [6.07, 6.45) is 0. The summed E-state index contributed by atoms with van der Waals surface area (Å²) in [4.78, 5) is 0. The molecule has 1 aromatic rings. The number of benzene rings is 1. The summed E-state index contributed by atoms with van der Waals surface area (Å²) >= 11 is 0. The lowest BCUT2D eigenvalue weighted by atomic mass is 10.1. The predicted octanol–water partition coefficient (Wildman–Crippen LogP) is 1.19. The largest absolute Gasteiger partial charge is 0.392 e. The van der Waals surface area contributed by atoms with E-state index in [9.17, 15) is 4.39 Å². The number of rotatable bonds is 1. The van der Waals surface area contributed by atoms with Crippen LogP contribution in [-0.4, -0.2) is 5.11 Å². The minimum absolute atomic E-state index is 0.237. The minimum Gasteiger partial charge on any atom is -0.392 e. The number of halogens is 1. The number of hydrogen-bond donors (Lipinski definition) is 1. The Labute approximate surface area is 75.2 Å². The quantitative estimate of drug-likeness (QED) is 0.651. The molecule has 0 saturated carbocycles. The van der Waals surface area contributed by atoms with E-state index in [1.165, 1.54) is 18.2 Å². The van der Waals surface area contributed by atoms with Crippen LogP contribution >= 0.6 is 0 Å². The Hall–Kier alpha value is -1.84. The van der Waals surface area contributed by atoms with Gasteiger partial charge in [0.15, 0.2) is 6.07 Å². The molecule has 3 heteroatoms. The van der Waals surface area contributed by atoms with Crippen LogP contribution < -0.4 is 0 Å². The summed E-state index contributed by atoms with van der Waals surface area (Å²) < 4.78 is 12.8. The summed E-state index contributed by atoms with van der Waals surface area (Å²) in [6, 6.07) is 5.59. The molecule has 0 saturated heterocycles. The Balaban J connectivity index is 3.10. The number of nitrogens with zero attached hydrogens (tertiary/aromatic N) is 1. The Morgan fingerprint density at radius 2 is 2.15 bits per heavy atom. The van der Waals surface area contributed by atoms with Gasteiger partial charge in [-0.15, -0.1) is 0 Å². The number of nitriles is 1. The molecule has 0 atom stereocenters. The SMILES string of the molecule is N#CC#Cc1cc(F)cc(CO)c1. The molecule has 0 aliphatic carbocycles. The maximum absolute atomic E-state index is 12.8. The average molecular weight is 175 g/mol. The maximum atomic E-state index is 12.8. The highest BCUT2D eigenvalue weighted by Crippen LogP contribution is 2.07. The second-order valence-electron chi connectivity index (χ2n) is 2.37. The van der Waals surface area contributed by atoms with E-state index >= 15 is 0 Å². The molecule has 1 N–H and O–H groups in total. The van der Waals surface area contributed by atoms with E-state index in [2.05, 4.69) is 11.8 Å². The fourth-order valence-electron chi connectivity index (χ4n) is 0.914. The van der Waals surface area contributed by atoms with Crippen molar-refractivity contribution in [3.8, 4) is 17.9 Å². The maximum Gasteiger partial charge on any atom is 0.152 e. The lowest BCUT2D eigenvalue weighted by molar-refractivity contribution is 0.281. The zero-order valence-corrected chi connectivity index (χ0v) is 6.71. The van der Waals surface area contributed by atoms with Crippen molar-refractivity contribution < 1.29 is 9.50 Å². The third-order valence-electron chi connectivity index (χ3n) is 1.40. The summed E-state index contributed by atoms with van der Waals surface area (Å²) in [6.45, 7) is -0.237. The monoisotopic (exact) mass is 175 g/mol. The van der Waals surface area contributed by atoms with Crippen LogP contribution in [0.1, 0.15) is 11.1 Å². The first kappa shape index (κ1) is 9.25. The van der Waals surface area contributed by atoms with Crippen LogP contribution in [0.4, 0.5) is 4.39 Å². The van der Waals surface area contributed by atoms with E-state index in [-0.39, 0.29) is 6.61 Å². The third-order valence-corrected chi connectivity index (χ3v) is 1.40. The standard InChI is InChI=1S/C10H6FNO/c11-10-5-8(2-1-3-12)4-9(6-10)7-13/h4-6,13H,7H2. The van der Waals surface area contributed by atoms with Crippen LogP contribution in [-0.2, 0) is 6.61 Å². The highest BCUT2D eigenvalue weighted by Gasteiger charge is 1.97. The predicted molar refractivity (Wildman–Crippen MR) is 44.8 cm³/mol. The van der Waals surface area contributed by atoms with Gasteiger partial charge in [0.25, 0.3) is 0 Å². The number of aliphatic hydroxyl groups is 1. The molecule has 0 bridgehead atoms. The topological polar surface area (TPSA) is 44.0 Å². The van der Waals surface area contributed by atoms with Crippen LogP contribution in [0.25, 0.3) is 0 Å². The summed E-state index contributed by atoms with van der Waals surface area (Å²) in [5, 5.41) is 16.9. The lowest BCUT2D eigenvalue weighted by Gasteiger charge is -1.97. The number of aliphatic hydroxyl groups excluding tert-OH is 1. The molecular formula is C10H6FNO. The smallest absolute Gasteiger partial charge is 0.152 e. The van der Waals surface area contributed by atoms with Gasteiger partial charge in [0.05, 0.1) is 6.61 Å².